The molecule has 19 atom stereocenters. The largest absolute Gasteiger partial charge is 0.480 e. The van der Waals surface area contributed by atoms with Crippen molar-refractivity contribution < 1.29 is 27.4 Å². The lowest BCUT2D eigenvalue weighted by Crippen LogP contribution is -2.42. The van der Waals surface area contributed by atoms with Crippen LogP contribution in [0, 0.1) is 51.7 Å². The first-order chi connectivity index (χ1) is 41.8. The van der Waals surface area contributed by atoms with Gasteiger partial charge in [0.1, 0.15) is 6.04 Å². The number of aliphatic carboxylic acids is 1. The minimum absolute atomic E-state index is 0. The van der Waals surface area contributed by atoms with E-state index >= 15 is 0 Å². The van der Waals surface area contributed by atoms with Crippen LogP contribution in [0.25, 0.3) is 0 Å². The Morgan fingerprint density at radius 2 is 1.11 bits per heavy atom. The number of fused-ring (bicyclic) bond motifs is 6. The number of hydroxylamine groups is 1. The number of H-pyrrole nitrogens is 3. The highest BCUT2D eigenvalue weighted by Crippen LogP contribution is 2.45. The molecule has 6 aliphatic carbocycles. The van der Waals surface area contributed by atoms with Crippen molar-refractivity contribution in [2.75, 3.05) is 28.2 Å². The van der Waals surface area contributed by atoms with Gasteiger partial charge in [0.05, 0.1) is 36.3 Å². The molecule has 3 aromatic rings. The van der Waals surface area contributed by atoms with E-state index in [4.69, 9.17) is 31.4 Å². The number of rotatable bonds is 5. The van der Waals surface area contributed by atoms with Crippen molar-refractivity contribution in [3.8, 4) is 6.07 Å². The Kier molecular flexibility index (Phi) is 28.9. The molecule has 12 fully saturated rings. The number of likely N-dealkylation sites (tertiary alicyclic amines) is 4. The van der Waals surface area contributed by atoms with Gasteiger partial charge in [-0.15, -0.1) is 64.2 Å². The van der Waals surface area contributed by atoms with E-state index in [0.29, 0.717) is 58.9 Å². The molecule has 1 unspecified atom stereocenters. The molecule has 0 bridgehead atoms. The summed E-state index contributed by atoms with van der Waals surface area (Å²) in [5, 5.41) is 46.0. The van der Waals surface area contributed by atoms with Crippen LogP contribution in [0.1, 0.15) is 228 Å². The lowest BCUT2D eigenvalue weighted by atomic mass is 9.85. The number of aromatic amines is 3. The lowest BCUT2D eigenvalue weighted by molar-refractivity contribution is -0.142. The number of nitriles is 1. The molecular formula is C60H101Cl4N17O7S2. The third-order valence-electron chi connectivity index (χ3n) is 22.7. The van der Waals surface area contributed by atoms with Crippen LogP contribution in [0.4, 0.5) is 0 Å². The Hall–Kier alpha value is -3.17. The van der Waals surface area contributed by atoms with Crippen molar-refractivity contribution in [3.63, 3.8) is 0 Å². The maximum Gasteiger partial charge on any atom is 0.438 e. The number of carbonyl (C=O) groups is 1. The number of halogens is 4. The highest BCUT2D eigenvalue weighted by Gasteiger charge is 2.46. The van der Waals surface area contributed by atoms with E-state index in [1.807, 2.05) is 7.05 Å². The van der Waals surface area contributed by atoms with Gasteiger partial charge in [0.25, 0.3) is 0 Å². The smallest absolute Gasteiger partial charge is 0.438 e. The zero-order chi connectivity index (χ0) is 59.8. The number of hydrogen-bond donors (Lipinski definition) is 7. The summed E-state index contributed by atoms with van der Waals surface area (Å²) in [6.45, 7) is 0. The number of carboxylic acids is 1. The first kappa shape index (κ1) is 74.2. The van der Waals surface area contributed by atoms with E-state index < -0.39 is 23.0 Å². The average Bonchev–Trinajstić information content (AvgIpc) is 2.48. The lowest BCUT2D eigenvalue weighted by Gasteiger charge is -2.30. The van der Waals surface area contributed by atoms with Crippen molar-refractivity contribution in [2.24, 2.45) is 39.9 Å². The fourth-order valence-corrected chi connectivity index (χ4v) is 18.9. The molecule has 7 aliphatic heterocycles. The summed E-state index contributed by atoms with van der Waals surface area (Å²) in [4.78, 5) is 38.2. The predicted octanol–water partition coefficient (Wildman–Crippen LogP) is 9.97. The third kappa shape index (κ3) is 17.8. The van der Waals surface area contributed by atoms with Crippen molar-refractivity contribution >= 4 is 84.9 Å². The summed E-state index contributed by atoms with van der Waals surface area (Å²) >= 11 is 3.34. The molecule has 0 aromatic carbocycles. The number of nitrogens with one attached hydrogen (secondary N) is 6. The van der Waals surface area contributed by atoms with Crippen molar-refractivity contribution in [1.82, 2.24) is 76.6 Å². The van der Waals surface area contributed by atoms with Gasteiger partial charge >= 0.3 is 27.8 Å². The van der Waals surface area contributed by atoms with Gasteiger partial charge in [-0.05, 0) is 191 Å². The topological polar surface area (TPSA) is 304 Å². The Balaban J connectivity index is 0.000000153. The quantitative estimate of drug-likeness (QED) is 0.117. The molecular weight excluding hydrogens is 1280 g/mol. The first-order valence-electron chi connectivity index (χ1n) is 33.1. The number of amidine groups is 1. The first-order valence-corrected chi connectivity index (χ1v) is 34.5. The summed E-state index contributed by atoms with van der Waals surface area (Å²) in [7, 11) is 8.36. The number of carboxylic acid groups (broad SMARTS) is 1. The minimum atomic E-state index is -1.52. The molecule has 16 rings (SSSR count). The summed E-state index contributed by atoms with van der Waals surface area (Å²) in [6.07, 6.45) is 38.4. The number of hydrogen-bond acceptors (Lipinski definition) is 20. The Bertz CT molecular complexity index is 2860. The Labute approximate surface area is 563 Å². The third-order valence-corrected chi connectivity index (χ3v) is 23.5. The molecule has 0 spiro atoms. The maximum absolute atomic E-state index is 11.1. The van der Waals surface area contributed by atoms with Gasteiger partial charge in [-0.2, -0.15) is 19.7 Å². The standard InChI is InChI=1S/C11H17N3O2.C10H17N3O2S.C10H15N3OS.C10H16N2.C10H17NO2.C9H15N5.4ClH/c1-14-8-5-3-2-4-7(8)6-9(14)10-12-11(15)16-13-10;1-13-8-5-3-2-4-7(8)6-9(13)10-11-15-16(14)12-10;15-10-12-9(13-14-10)8-5-6-3-1-2-4-7(6)11-8;1-12-9(7-11)6-8-4-2-3-5-10(8)12;1-11-8-5-3-2-4-7(8)6-9(11)10(12)13;1-2-4-7-6(3-1)5-8(10-7)9-11-13-14-12-9;;;;/h7-9H,2-6H2,1H3,(H,12,13,15);7-9H,2-6H2,1H3,(H,11,12);6-8,11H,1-5H2,(H,12,13,15);8-10H,2-6H2,1H3;7-9H,2-6H2,1H3,(H,12,13);6-8,10H,1-5H2,(H,11,12,13,14);4*1H/t7-,8-,9-;7-,8-,9-,16?;6-,7-,8-;8-,9-,10-;7-,8-,9-;6-,7-,8-;;;;/m000000..../s1. The van der Waals surface area contributed by atoms with Crippen molar-refractivity contribution in [1.29, 1.82) is 5.26 Å². The monoisotopic (exact) mass is 1380 g/mol. The van der Waals surface area contributed by atoms with E-state index in [0.717, 1.165) is 78.8 Å². The van der Waals surface area contributed by atoms with Crippen LogP contribution in [0.3, 0.4) is 0 Å². The molecule has 30 heteroatoms. The van der Waals surface area contributed by atoms with Gasteiger partial charge in [-0.1, -0.05) is 87.4 Å². The van der Waals surface area contributed by atoms with Gasteiger partial charge in [0.2, 0.25) is 0 Å². The zero-order valence-corrected chi connectivity index (χ0v) is 57.8. The van der Waals surface area contributed by atoms with Gasteiger partial charge in [0.15, 0.2) is 23.3 Å². The fraction of sp³-hybridized carbons (Fsp3) is 0.867. The van der Waals surface area contributed by atoms with Crippen molar-refractivity contribution in [3.05, 3.63) is 32.9 Å². The van der Waals surface area contributed by atoms with Crippen molar-refractivity contribution in [2.45, 2.75) is 265 Å². The van der Waals surface area contributed by atoms with E-state index in [-0.39, 0.29) is 73.8 Å². The summed E-state index contributed by atoms with van der Waals surface area (Å²) in [6, 6.07) is 7.54. The second kappa shape index (κ2) is 35.0. The van der Waals surface area contributed by atoms with E-state index in [9.17, 15) is 13.8 Å². The molecule has 6 saturated carbocycles. The predicted molar refractivity (Wildman–Crippen MR) is 354 cm³/mol. The highest BCUT2D eigenvalue weighted by atomic mass is 35.5. The molecule has 0 radical (unpaired) electrons. The average molecular weight is 1380 g/mol. The van der Waals surface area contributed by atoms with Gasteiger partial charge in [0, 0.05) is 36.3 Å². The molecule has 13 aliphatic rings. The molecule has 24 nitrogen and oxygen atoms in total. The van der Waals surface area contributed by atoms with E-state index in [1.54, 1.807) is 0 Å². The van der Waals surface area contributed by atoms with Gasteiger partial charge in [-0.3, -0.25) is 33.9 Å². The zero-order valence-electron chi connectivity index (χ0n) is 52.9. The maximum atomic E-state index is 11.1. The number of likely N-dealkylation sites (N-methyl/N-ethyl adjacent to an activating group) is 2. The molecule has 10 heterocycles. The summed E-state index contributed by atoms with van der Waals surface area (Å²) < 4.78 is 29.4. The molecule has 3 aromatic heterocycles. The van der Waals surface area contributed by atoms with Crippen LogP contribution >= 0.6 is 61.8 Å². The van der Waals surface area contributed by atoms with Gasteiger partial charge < -0.3 is 20.3 Å². The number of nitrogens with zero attached hydrogens (tertiary/aromatic N) is 11. The normalized spacial score (nSPS) is 37.1. The molecule has 7 N–H and O–H groups in total. The number of tetrazole rings is 1. The van der Waals surface area contributed by atoms with Crippen LogP contribution < -0.4 is 21.9 Å². The number of aromatic nitrogens is 8. The minimum Gasteiger partial charge on any atom is -0.480 e. The molecule has 0 amide bonds. The Morgan fingerprint density at radius 1 is 0.622 bits per heavy atom. The van der Waals surface area contributed by atoms with Crippen LogP contribution in [-0.4, -0.2) is 164 Å². The second-order valence-electron chi connectivity index (χ2n) is 27.4. The second-order valence-corrected chi connectivity index (χ2v) is 28.5. The summed E-state index contributed by atoms with van der Waals surface area (Å²) in [5.74, 6) is 6.75. The van der Waals surface area contributed by atoms with Crippen LogP contribution in [0.2, 0.25) is 0 Å². The molecule has 6 saturated heterocycles. The summed E-state index contributed by atoms with van der Waals surface area (Å²) in [5.41, 5.74) is 2.70. The van der Waals surface area contributed by atoms with Gasteiger partial charge in [-0.25, -0.2) is 19.6 Å². The molecule has 508 valence electrons. The molecule has 90 heavy (non-hydrogen) atoms. The SMILES string of the molecule is C1CC[C@@H]2N[C@H](c3nn[nH]n3)C[C@@H]2C1.CN1[C@H](C#N)C[C@@H]2CCCC[C@@H]21.CN1[C@H](C(=O)O)C[C@@H]2CCCC[C@@H]21.CN1[C@H](C2=NS(=O)ON2)C[C@@H]2CCCC[C@@H]21.CN1[C@H](c2noc(=O)[nH]2)C[C@@H]2CCCC[C@@H]21.Cl.Cl.Cl.Cl.S=c1nc([C@@H]2C[C@@H]3CCCC[C@@H]3N2)[nH]o1. The van der Waals surface area contributed by atoms with E-state index in [2.05, 4.69) is 113 Å². The van der Waals surface area contributed by atoms with Crippen LogP contribution in [-0.2, 0) is 20.3 Å². The fourth-order valence-electron chi connectivity index (χ4n) is 18.2. The van der Waals surface area contributed by atoms with E-state index in [1.165, 1.54) is 167 Å². The highest BCUT2D eigenvalue weighted by molar-refractivity contribution is 7.79. The van der Waals surface area contributed by atoms with Crippen LogP contribution in [0.15, 0.2) is 18.2 Å². The Morgan fingerprint density at radius 3 is 1.57 bits per heavy atom. The van der Waals surface area contributed by atoms with Crippen LogP contribution in [0.5, 0.6) is 0 Å².